The van der Waals surface area contributed by atoms with E-state index in [4.69, 9.17) is 5.11 Å². The van der Waals surface area contributed by atoms with E-state index in [2.05, 4.69) is 0 Å². The smallest absolute Gasteiger partial charge is 0.186 e. The zero-order valence-corrected chi connectivity index (χ0v) is 8.34. The topological polar surface area (TPSA) is 37.3 Å². The number of hydrogen-bond donors (Lipinski definition) is 1. The van der Waals surface area contributed by atoms with Crippen LogP contribution < -0.4 is 0 Å². The van der Waals surface area contributed by atoms with Gasteiger partial charge in [0.2, 0.25) is 0 Å². The number of carbonyl (C=O) groups excluding carboxylic acids is 1. The first-order valence-electron chi connectivity index (χ1n) is 4.46. The summed E-state index contributed by atoms with van der Waals surface area (Å²) in [6.45, 7) is 3.54. The minimum Gasteiger partial charge on any atom is -0.396 e. The van der Waals surface area contributed by atoms with Crippen molar-refractivity contribution >= 4 is 5.78 Å². The van der Waals surface area contributed by atoms with E-state index in [1.54, 1.807) is 0 Å². The Balaban J connectivity index is 3.77. The summed E-state index contributed by atoms with van der Waals surface area (Å²) in [4.78, 5) is 11.1. The molecule has 12 heavy (non-hydrogen) atoms. The van der Waals surface area contributed by atoms with Crippen LogP contribution >= 0.6 is 0 Å². The normalized spacial score (nSPS) is 11.7. The fourth-order valence-electron chi connectivity index (χ4n) is 1.17. The van der Waals surface area contributed by atoms with Crippen molar-refractivity contribution in [2.45, 2.75) is 19.8 Å². The third-order valence-electron chi connectivity index (χ3n) is 1.92. The van der Waals surface area contributed by atoms with E-state index in [0.717, 1.165) is 13.0 Å². The summed E-state index contributed by atoms with van der Waals surface area (Å²) in [7, 11) is 4.03. The third-order valence-corrected chi connectivity index (χ3v) is 1.92. The van der Waals surface area contributed by atoms with E-state index >= 15 is 0 Å². The maximum atomic E-state index is 11.1. The molecule has 0 amide bonds. The molecule has 0 rings (SSSR count). The van der Waals surface area contributed by atoms with Crippen molar-refractivity contribution in [3.05, 3.63) is 0 Å². The van der Waals surface area contributed by atoms with Gasteiger partial charge in [-0.05, 0) is 0 Å². The molecule has 0 unspecified atom stereocenters. The zero-order chi connectivity index (χ0) is 9.61. The SMILES string of the molecule is CCC(=O)C[N+](C)(C)CCCO. The molecule has 0 radical (unpaired) electrons. The summed E-state index contributed by atoms with van der Waals surface area (Å²) >= 11 is 0. The second kappa shape index (κ2) is 5.27. The number of Topliss-reactive ketones (excluding diaryl/α,β-unsaturated/α-hetero) is 1. The quantitative estimate of drug-likeness (QED) is 0.593. The number of likely N-dealkylation sites (N-methyl/N-ethyl adjacent to an activating group) is 1. The molecule has 0 heterocycles. The van der Waals surface area contributed by atoms with Crippen LogP contribution in [0.2, 0.25) is 0 Å². The minimum absolute atomic E-state index is 0.210. The maximum absolute atomic E-state index is 11.1. The molecule has 3 heteroatoms. The van der Waals surface area contributed by atoms with Crippen LogP contribution in [-0.2, 0) is 4.79 Å². The van der Waals surface area contributed by atoms with E-state index in [1.807, 2.05) is 21.0 Å². The minimum atomic E-state index is 0.210. The first kappa shape index (κ1) is 11.6. The average molecular weight is 174 g/mol. The summed E-state index contributed by atoms with van der Waals surface area (Å²) in [6.07, 6.45) is 1.38. The van der Waals surface area contributed by atoms with Crippen LogP contribution in [0.15, 0.2) is 0 Å². The number of hydrogen-bond acceptors (Lipinski definition) is 2. The van der Waals surface area contributed by atoms with Crippen molar-refractivity contribution in [3.63, 3.8) is 0 Å². The van der Waals surface area contributed by atoms with E-state index in [0.29, 0.717) is 17.4 Å². The van der Waals surface area contributed by atoms with Crippen LogP contribution in [0, 0.1) is 0 Å². The molecule has 0 atom stereocenters. The molecule has 0 bridgehead atoms. The fourth-order valence-corrected chi connectivity index (χ4v) is 1.17. The lowest BCUT2D eigenvalue weighted by atomic mass is 10.2. The van der Waals surface area contributed by atoms with E-state index < -0.39 is 0 Å². The molecule has 0 aliphatic rings. The zero-order valence-electron chi connectivity index (χ0n) is 8.34. The molecular weight excluding hydrogens is 154 g/mol. The number of aliphatic hydroxyl groups is 1. The van der Waals surface area contributed by atoms with E-state index in [-0.39, 0.29) is 12.4 Å². The number of rotatable bonds is 6. The molecule has 0 aromatic heterocycles. The standard InChI is InChI=1S/C9H20NO2/c1-4-9(12)8-10(2,3)6-5-7-11/h11H,4-8H2,1-3H3/q+1. The predicted octanol–water partition coefficient (Wildman–Crippen LogP) is 0.424. The Kier molecular flexibility index (Phi) is 5.09. The highest BCUT2D eigenvalue weighted by Crippen LogP contribution is 2.00. The summed E-state index contributed by atoms with van der Waals surface area (Å²) in [6, 6.07) is 0. The van der Waals surface area contributed by atoms with Gasteiger partial charge in [-0.25, -0.2) is 0 Å². The molecule has 0 saturated carbocycles. The van der Waals surface area contributed by atoms with Gasteiger partial charge in [-0.1, -0.05) is 6.92 Å². The largest absolute Gasteiger partial charge is 0.396 e. The lowest BCUT2D eigenvalue weighted by Gasteiger charge is -2.28. The molecule has 0 fully saturated rings. The van der Waals surface area contributed by atoms with Crippen LogP contribution in [0.4, 0.5) is 0 Å². The molecular formula is C9H20NO2+. The number of nitrogens with zero attached hydrogens (tertiary/aromatic N) is 1. The highest BCUT2D eigenvalue weighted by Gasteiger charge is 2.17. The first-order valence-corrected chi connectivity index (χ1v) is 4.46. The first-order chi connectivity index (χ1) is 5.52. The Morgan fingerprint density at radius 3 is 2.42 bits per heavy atom. The monoisotopic (exact) mass is 174 g/mol. The number of aliphatic hydroxyl groups excluding tert-OH is 1. The van der Waals surface area contributed by atoms with Gasteiger partial charge in [0.1, 0.15) is 6.54 Å². The van der Waals surface area contributed by atoms with Crippen molar-refractivity contribution in [2.75, 3.05) is 33.8 Å². The molecule has 0 aliphatic heterocycles. The Morgan fingerprint density at radius 2 is 2.00 bits per heavy atom. The molecule has 0 aromatic rings. The van der Waals surface area contributed by atoms with Gasteiger partial charge in [-0.15, -0.1) is 0 Å². The lowest BCUT2D eigenvalue weighted by Crippen LogP contribution is -2.44. The average Bonchev–Trinajstić information content (AvgIpc) is 2.00. The summed E-state index contributed by atoms with van der Waals surface area (Å²) in [5, 5.41) is 8.63. The molecule has 3 nitrogen and oxygen atoms in total. The highest BCUT2D eigenvalue weighted by atomic mass is 16.3. The van der Waals surface area contributed by atoms with Crippen LogP contribution in [-0.4, -0.2) is 49.2 Å². The molecule has 0 aromatic carbocycles. The van der Waals surface area contributed by atoms with Gasteiger partial charge in [0.25, 0.3) is 0 Å². The maximum Gasteiger partial charge on any atom is 0.186 e. The van der Waals surface area contributed by atoms with Crippen molar-refractivity contribution in [3.8, 4) is 0 Å². The predicted molar refractivity (Wildman–Crippen MR) is 48.8 cm³/mol. The Morgan fingerprint density at radius 1 is 1.42 bits per heavy atom. The van der Waals surface area contributed by atoms with Crippen molar-refractivity contribution < 1.29 is 14.4 Å². The van der Waals surface area contributed by atoms with E-state index in [1.165, 1.54) is 0 Å². The van der Waals surface area contributed by atoms with Crippen molar-refractivity contribution in [2.24, 2.45) is 0 Å². The number of quaternary nitrogens is 1. The van der Waals surface area contributed by atoms with Gasteiger partial charge < -0.3 is 9.59 Å². The summed E-state index contributed by atoms with van der Waals surface area (Å²) in [5.74, 6) is 0.290. The summed E-state index contributed by atoms with van der Waals surface area (Å²) in [5.41, 5.74) is 0. The van der Waals surface area contributed by atoms with Crippen LogP contribution in [0.1, 0.15) is 19.8 Å². The Hall–Kier alpha value is -0.410. The third kappa shape index (κ3) is 5.27. The van der Waals surface area contributed by atoms with Crippen molar-refractivity contribution in [1.82, 2.24) is 0 Å². The van der Waals surface area contributed by atoms with Gasteiger partial charge in [-0.2, -0.15) is 0 Å². The molecule has 0 saturated heterocycles. The highest BCUT2D eigenvalue weighted by molar-refractivity contribution is 5.79. The second-order valence-electron chi connectivity index (χ2n) is 3.79. The van der Waals surface area contributed by atoms with Gasteiger partial charge >= 0.3 is 0 Å². The van der Waals surface area contributed by atoms with Crippen LogP contribution in [0.3, 0.4) is 0 Å². The van der Waals surface area contributed by atoms with Crippen LogP contribution in [0.25, 0.3) is 0 Å². The lowest BCUT2D eigenvalue weighted by molar-refractivity contribution is -0.882. The van der Waals surface area contributed by atoms with Gasteiger partial charge in [0.05, 0.1) is 20.6 Å². The number of ketones is 1. The Bertz CT molecular complexity index is 143. The van der Waals surface area contributed by atoms with E-state index in [9.17, 15) is 4.79 Å². The van der Waals surface area contributed by atoms with Crippen LogP contribution in [0.5, 0.6) is 0 Å². The molecule has 72 valence electrons. The second-order valence-corrected chi connectivity index (χ2v) is 3.79. The van der Waals surface area contributed by atoms with Crippen molar-refractivity contribution in [1.29, 1.82) is 0 Å². The fraction of sp³-hybridized carbons (Fsp3) is 0.889. The molecule has 0 aliphatic carbocycles. The Labute approximate surface area is 74.6 Å². The van der Waals surface area contributed by atoms with Gasteiger partial charge in [-0.3, -0.25) is 4.79 Å². The van der Waals surface area contributed by atoms with Gasteiger partial charge in [0.15, 0.2) is 5.78 Å². The molecule has 1 N–H and O–H groups in total. The summed E-state index contributed by atoms with van der Waals surface area (Å²) < 4.78 is 0.688. The van der Waals surface area contributed by atoms with Gasteiger partial charge in [0, 0.05) is 19.4 Å². The number of carbonyl (C=O) groups is 1. The molecule has 0 spiro atoms.